The Morgan fingerprint density at radius 2 is 1.94 bits per heavy atom. The average Bonchev–Trinajstić information content (AvgIpc) is 2.25. The molecule has 0 spiro atoms. The molecule has 0 aliphatic carbocycles. The van der Waals surface area contributed by atoms with Gasteiger partial charge in [-0.05, 0) is 32.7 Å². The third-order valence-electron chi connectivity index (χ3n) is 2.55. The van der Waals surface area contributed by atoms with Gasteiger partial charge in [-0.3, -0.25) is 0 Å². The monoisotopic (exact) mass is 233 g/mol. The van der Waals surface area contributed by atoms with Crippen molar-refractivity contribution in [3.8, 4) is 0 Å². The molecule has 0 aromatic rings. The minimum Gasteiger partial charge on any atom is -0.396 e. The van der Waals surface area contributed by atoms with Gasteiger partial charge in [-0.1, -0.05) is 13.3 Å². The SMILES string of the molecule is CCC(CCO)CNCC(O)COC(C)C. The normalized spacial score (nSPS) is 15.4. The van der Waals surface area contributed by atoms with Gasteiger partial charge in [0.05, 0.1) is 18.8 Å². The highest BCUT2D eigenvalue weighted by atomic mass is 16.5. The molecule has 4 nitrogen and oxygen atoms in total. The molecule has 2 atom stereocenters. The maximum absolute atomic E-state index is 9.58. The number of hydrogen-bond donors (Lipinski definition) is 3. The van der Waals surface area contributed by atoms with Crippen LogP contribution in [0.3, 0.4) is 0 Å². The fourth-order valence-corrected chi connectivity index (χ4v) is 1.45. The number of nitrogens with one attached hydrogen (secondary N) is 1. The Labute approximate surface area is 99.0 Å². The van der Waals surface area contributed by atoms with Crippen LogP contribution in [0.25, 0.3) is 0 Å². The van der Waals surface area contributed by atoms with Gasteiger partial charge in [0.15, 0.2) is 0 Å². The van der Waals surface area contributed by atoms with Gasteiger partial charge in [0, 0.05) is 13.2 Å². The van der Waals surface area contributed by atoms with Gasteiger partial charge >= 0.3 is 0 Å². The first kappa shape index (κ1) is 15.8. The maximum Gasteiger partial charge on any atom is 0.0897 e. The van der Waals surface area contributed by atoms with Crippen LogP contribution >= 0.6 is 0 Å². The lowest BCUT2D eigenvalue weighted by Crippen LogP contribution is -2.34. The van der Waals surface area contributed by atoms with E-state index < -0.39 is 6.10 Å². The summed E-state index contributed by atoms with van der Waals surface area (Å²) < 4.78 is 5.30. The zero-order chi connectivity index (χ0) is 12.4. The van der Waals surface area contributed by atoms with Crippen molar-refractivity contribution in [3.05, 3.63) is 0 Å². The van der Waals surface area contributed by atoms with Crippen LogP contribution in [0.15, 0.2) is 0 Å². The molecule has 0 amide bonds. The highest BCUT2D eigenvalue weighted by Crippen LogP contribution is 2.05. The van der Waals surface area contributed by atoms with Crippen molar-refractivity contribution in [2.24, 2.45) is 5.92 Å². The van der Waals surface area contributed by atoms with E-state index in [-0.39, 0.29) is 12.7 Å². The van der Waals surface area contributed by atoms with Crippen LogP contribution in [0.2, 0.25) is 0 Å². The summed E-state index contributed by atoms with van der Waals surface area (Å²) in [6.07, 6.45) is 1.58. The molecule has 2 unspecified atom stereocenters. The second kappa shape index (κ2) is 10.0. The Morgan fingerprint density at radius 1 is 1.25 bits per heavy atom. The second-order valence-electron chi connectivity index (χ2n) is 4.48. The highest BCUT2D eigenvalue weighted by molar-refractivity contribution is 4.64. The summed E-state index contributed by atoms with van der Waals surface area (Å²) >= 11 is 0. The summed E-state index contributed by atoms with van der Waals surface area (Å²) in [7, 11) is 0. The Bertz CT molecular complexity index is 153. The van der Waals surface area contributed by atoms with Crippen molar-refractivity contribution in [3.63, 3.8) is 0 Å². The molecular formula is C12H27NO3. The first-order chi connectivity index (χ1) is 7.60. The van der Waals surface area contributed by atoms with E-state index in [1.807, 2.05) is 13.8 Å². The van der Waals surface area contributed by atoms with Gasteiger partial charge in [-0.15, -0.1) is 0 Å². The van der Waals surface area contributed by atoms with Crippen LogP contribution < -0.4 is 5.32 Å². The van der Waals surface area contributed by atoms with Crippen LogP contribution in [-0.2, 0) is 4.74 Å². The van der Waals surface area contributed by atoms with Crippen LogP contribution in [0.4, 0.5) is 0 Å². The molecule has 0 heterocycles. The van der Waals surface area contributed by atoms with E-state index in [0.717, 1.165) is 19.4 Å². The van der Waals surface area contributed by atoms with Crippen molar-refractivity contribution < 1.29 is 14.9 Å². The maximum atomic E-state index is 9.58. The molecule has 0 aromatic carbocycles. The molecule has 98 valence electrons. The zero-order valence-electron chi connectivity index (χ0n) is 10.8. The van der Waals surface area contributed by atoms with Crippen LogP contribution in [0.1, 0.15) is 33.6 Å². The van der Waals surface area contributed by atoms with E-state index >= 15 is 0 Å². The van der Waals surface area contributed by atoms with Gasteiger partial charge < -0.3 is 20.3 Å². The average molecular weight is 233 g/mol. The summed E-state index contributed by atoms with van der Waals surface area (Å²) in [5.74, 6) is 0.489. The van der Waals surface area contributed by atoms with E-state index in [9.17, 15) is 5.11 Å². The quantitative estimate of drug-likeness (QED) is 0.521. The largest absolute Gasteiger partial charge is 0.396 e. The number of rotatable bonds is 10. The molecule has 0 radical (unpaired) electrons. The van der Waals surface area contributed by atoms with E-state index in [0.29, 0.717) is 19.1 Å². The van der Waals surface area contributed by atoms with Crippen LogP contribution in [0, 0.1) is 5.92 Å². The summed E-state index contributed by atoms with van der Waals surface area (Å²) in [5.41, 5.74) is 0. The van der Waals surface area contributed by atoms with Crippen molar-refractivity contribution in [1.29, 1.82) is 0 Å². The van der Waals surface area contributed by atoms with Crippen LogP contribution in [0.5, 0.6) is 0 Å². The smallest absolute Gasteiger partial charge is 0.0897 e. The molecule has 0 aliphatic heterocycles. The molecule has 0 aromatic heterocycles. The topological polar surface area (TPSA) is 61.7 Å². The lowest BCUT2D eigenvalue weighted by molar-refractivity contribution is 0.00606. The second-order valence-corrected chi connectivity index (χ2v) is 4.48. The summed E-state index contributed by atoms with van der Waals surface area (Å²) in [6.45, 7) is 8.02. The van der Waals surface area contributed by atoms with Gasteiger partial charge in [0.1, 0.15) is 0 Å². The fraction of sp³-hybridized carbons (Fsp3) is 1.00. The molecule has 0 saturated heterocycles. The molecule has 16 heavy (non-hydrogen) atoms. The Balaban J connectivity index is 3.47. The zero-order valence-corrected chi connectivity index (χ0v) is 10.8. The Hall–Kier alpha value is -0.160. The Kier molecular flexibility index (Phi) is 9.92. The third-order valence-corrected chi connectivity index (χ3v) is 2.55. The first-order valence-electron chi connectivity index (χ1n) is 6.21. The number of ether oxygens (including phenoxy) is 1. The van der Waals surface area contributed by atoms with Gasteiger partial charge in [0.2, 0.25) is 0 Å². The summed E-state index contributed by atoms with van der Waals surface area (Å²) in [4.78, 5) is 0. The lowest BCUT2D eigenvalue weighted by atomic mass is 10.0. The van der Waals surface area contributed by atoms with Crippen molar-refractivity contribution in [2.75, 3.05) is 26.3 Å². The predicted octanol–water partition coefficient (Wildman–Crippen LogP) is 0.770. The van der Waals surface area contributed by atoms with Crippen molar-refractivity contribution in [2.45, 2.75) is 45.8 Å². The number of aliphatic hydroxyl groups is 2. The summed E-state index contributed by atoms with van der Waals surface area (Å²) in [6, 6.07) is 0. The van der Waals surface area contributed by atoms with E-state index in [1.165, 1.54) is 0 Å². The van der Waals surface area contributed by atoms with Gasteiger partial charge in [-0.25, -0.2) is 0 Å². The molecule has 0 bridgehead atoms. The summed E-state index contributed by atoms with van der Waals surface area (Å²) in [5, 5.41) is 21.6. The number of hydrogen-bond acceptors (Lipinski definition) is 4. The minimum absolute atomic E-state index is 0.160. The fourth-order valence-electron chi connectivity index (χ4n) is 1.45. The molecule has 3 N–H and O–H groups in total. The third kappa shape index (κ3) is 9.09. The predicted molar refractivity (Wildman–Crippen MR) is 65.4 cm³/mol. The van der Waals surface area contributed by atoms with E-state index in [4.69, 9.17) is 9.84 Å². The van der Waals surface area contributed by atoms with Gasteiger partial charge in [-0.2, -0.15) is 0 Å². The Morgan fingerprint density at radius 3 is 2.44 bits per heavy atom. The highest BCUT2D eigenvalue weighted by Gasteiger charge is 2.08. The lowest BCUT2D eigenvalue weighted by Gasteiger charge is -2.17. The molecule has 0 fully saturated rings. The molecule has 0 rings (SSSR count). The van der Waals surface area contributed by atoms with Crippen molar-refractivity contribution >= 4 is 0 Å². The first-order valence-corrected chi connectivity index (χ1v) is 6.21. The molecule has 0 saturated carbocycles. The van der Waals surface area contributed by atoms with E-state index in [1.54, 1.807) is 0 Å². The van der Waals surface area contributed by atoms with Crippen LogP contribution in [-0.4, -0.2) is 48.7 Å². The molecule has 0 aliphatic rings. The van der Waals surface area contributed by atoms with Crippen molar-refractivity contribution in [1.82, 2.24) is 5.32 Å². The minimum atomic E-state index is -0.450. The molecular weight excluding hydrogens is 206 g/mol. The number of aliphatic hydroxyl groups excluding tert-OH is 2. The molecule has 4 heteroatoms. The standard InChI is InChI=1S/C12H27NO3/c1-4-11(5-6-14)7-13-8-12(15)9-16-10(2)3/h10-15H,4-9H2,1-3H3. The van der Waals surface area contributed by atoms with E-state index in [2.05, 4.69) is 12.2 Å². The van der Waals surface area contributed by atoms with Gasteiger partial charge in [0.25, 0.3) is 0 Å².